The summed E-state index contributed by atoms with van der Waals surface area (Å²) in [5, 5.41) is 12.3. The molecule has 12 nitrogen and oxygen atoms in total. The van der Waals surface area contributed by atoms with Gasteiger partial charge in [-0.2, -0.15) is 5.01 Å². The molecule has 2 saturated heterocycles. The van der Waals surface area contributed by atoms with Crippen molar-refractivity contribution in [3.05, 3.63) is 117 Å². The molecule has 0 aromatic heterocycles. The van der Waals surface area contributed by atoms with Crippen LogP contribution >= 0.6 is 23.2 Å². The molecule has 2 heterocycles. The van der Waals surface area contributed by atoms with Crippen LogP contribution < -0.4 is 24.5 Å². The molecule has 6 atom stereocenters. The maximum atomic E-state index is 15.6. The van der Waals surface area contributed by atoms with Crippen molar-refractivity contribution in [1.29, 1.82) is 0 Å². The van der Waals surface area contributed by atoms with Crippen molar-refractivity contribution in [2.24, 2.45) is 23.7 Å². The van der Waals surface area contributed by atoms with E-state index in [9.17, 15) is 19.5 Å². The van der Waals surface area contributed by atoms with E-state index in [1.54, 1.807) is 60.7 Å². The second-order valence-electron chi connectivity index (χ2n) is 14.6. The van der Waals surface area contributed by atoms with Crippen LogP contribution in [0.4, 0.5) is 11.4 Å². The SMILES string of the molecule is COc1ccc(C23C(=O)N(Nc4ccc(Cl)cc4Cl)C(=O)C2CC2C(=CCC4C(=O)N(c5ccc(C(C)=O)cc5)C(=O)C42)C3c2c(OC)cc(O)cc2OC)cc1. The fourth-order valence-electron chi connectivity index (χ4n) is 9.47. The van der Waals surface area contributed by atoms with Crippen LogP contribution in [0.5, 0.6) is 23.0 Å². The van der Waals surface area contributed by atoms with E-state index in [0.717, 1.165) is 9.91 Å². The number of carbonyl (C=O) groups excluding carboxylic acids is 5. The zero-order chi connectivity index (χ0) is 40.5. The number of hydrogen-bond acceptors (Lipinski definition) is 10. The van der Waals surface area contributed by atoms with Crippen LogP contribution in [0, 0.1) is 23.7 Å². The molecule has 0 spiro atoms. The molecule has 8 rings (SSSR count). The van der Waals surface area contributed by atoms with E-state index in [1.807, 2.05) is 6.08 Å². The molecule has 3 fully saturated rings. The first-order valence-electron chi connectivity index (χ1n) is 18.2. The summed E-state index contributed by atoms with van der Waals surface area (Å²) in [4.78, 5) is 72.8. The van der Waals surface area contributed by atoms with Crippen molar-refractivity contribution in [2.75, 3.05) is 31.7 Å². The first-order valence-corrected chi connectivity index (χ1v) is 19.0. The Morgan fingerprint density at radius 1 is 0.825 bits per heavy atom. The van der Waals surface area contributed by atoms with Gasteiger partial charge in [-0.05, 0) is 85.8 Å². The molecule has 14 heteroatoms. The predicted octanol–water partition coefficient (Wildman–Crippen LogP) is 7.12. The Labute approximate surface area is 337 Å². The minimum atomic E-state index is -1.70. The number of phenolic OH excluding ortho intramolecular Hbond substituents is 1. The number of Topliss-reactive ketones (excluding diaryl/α,β-unsaturated/α-hetero) is 1. The normalized spacial score (nSPS) is 25.1. The molecule has 4 amide bonds. The Hall–Kier alpha value is -5.85. The number of ether oxygens (including phenoxy) is 3. The van der Waals surface area contributed by atoms with Crippen molar-refractivity contribution >= 4 is 64.0 Å². The van der Waals surface area contributed by atoms with Crippen LogP contribution in [0.3, 0.4) is 0 Å². The summed E-state index contributed by atoms with van der Waals surface area (Å²) >= 11 is 12.8. The van der Waals surface area contributed by atoms with Crippen molar-refractivity contribution in [1.82, 2.24) is 5.01 Å². The van der Waals surface area contributed by atoms with E-state index in [0.29, 0.717) is 38.7 Å². The number of halogens is 2. The Morgan fingerprint density at radius 3 is 2.09 bits per heavy atom. The number of hydrazine groups is 1. The molecule has 0 radical (unpaired) electrons. The first-order chi connectivity index (χ1) is 27.3. The van der Waals surface area contributed by atoms with Crippen LogP contribution in [0.15, 0.2) is 90.5 Å². The highest BCUT2D eigenvalue weighted by molar-refractivity contribution is 6.36. The molecule has 6 unspecified atom stereocenters. The van der Waals surface area contributed by atoms with Crippen molar-refractivity contribution in [2.45, 2.75) is 31.1 Å². The van der Waals surface area contributed by atoms with Crippen LogP contribution in [0.25, 0.3) is 0 Å². The van der Waals surface area contributed by atoms with Gasteiger partial charge in [0, 0.05) is 34.2 Å². The molecule has 2 aliphatic heterocycles. The summed E-state index contributed by atoms with van der Waals surface area (Å²) in [6.07, 6.45) is 2.09. The van der Waals surface area contributed by atoms with Gasteiger partial charge in [0.05, 0.1) is 60.9 Å². The van der Waals surface area contributed by atoms with Gasteiger partial charge in [-0.25, -0.2) is 0 Å². The molecule has 4 aromatic rings. The van der Waals surface area contributed by atoms with Gasteiger partial charge in [0.1, 0.15) is 23.0 Å². The number of amides is 4. The number of carbonyl (C=O) groups is 5. The van der Waals surface area contributed by atoms with Gasteiger partial charge in [0.2, 0.25) is 11.8 Å². The number of benzene rings is 4. The van der Waals surface area contributed by atoms with E-state index < -0.39 is 58.6 Å². The third-order valence-corrected chi connectivity index (χ3v) is 12.5. The number of allylic oxidation sites excluding steroid dienone is 2. The lowest BCUT2D eigenvalue weighted by Crippen LogP contribution is -2.53. The minimum absolute atomic E-state index is 0.0193. The number of anilines is 2. The number of fused-ring (bicyclic) bond motifs is 4. The maximum absolute atomic E-state index is 15.6. The van der Waals surface area contributed by atoms with E-state index in [-0.39, 0.29) is 46.6 Å². The van der Waals surface area contributed by atoms with Crippen LogP contribution in [-0.4, -0.2) is 60.9 Å². The van der Waals surface area contributed by atoms with Gasteiger partial charge in [0.15, 0.2) is 5.78 Å². The van der Waals surface area contributed by atoms with Crippen LogP contribution in [0.1, 0.15) is 47.2 Å². The van der Waals surface area contributed by atoms with Gasteiger partial charge < -0.3 is 19.3 Å². The first kappa shape index (κ1) is 38.0. The summed E-state index contributed by atoms with van der Waals surface area (Å²) in [5.41, 5.74) is 3.78. The molecule has 57 heavy (non-hydrogen) atoms. The fourth-order valence-corrected chi connectivity index (χ4v) is 9.92. The number of nitrogens with zero attached hydrogens (tertiary/aromatic N) is 2. The average molecular weight is 811 g/mol. The molecule has 292 valence electrons. The number of ketones is 1. The Bertz CT molecular complexity index is 2370. The standard InChI is InChI=1S/C43H37Cl2N3O9/c1-21(49)22-5-10-25(11-6-22)47-39(51)29-15-14-28-30(36(29)41(47)53)20-31-40(52)48(46-33-16-9-24(44)17-32(33)45)42(54)43(31,23-7-12-27(55-2)13-8-23)38(28)37-34(56-3)18-26(50)19-35(37)57-4/h5-14,16-19,29-31,36,38,46,50H,15,20H2,1-4H3. The molecule has 4 aliphatic rings. The Kier molecular flexibility index (Phi) is 9.52. The van der Waals surface area contributed by atoms with Gasteiger partial charge >= 0.3 is 0 Å². The van der Waals surface area contributed by atoms with E-state index in [4.69, 9.17) is 37.4 Å². The number of hydrogen-bond donors (Lipinski definition) is 2. The molecule has 4 aromatic carbocycles. The number of imide groups is 2. The number of rotatable bonds is 9. The van der Waals surface area contributed by atoms with E-state index >= 15 is 9.59 Å². The molecule has 2 N–H and O–H groups in total. The average Bonchev–Trinajstić information content (AvgIpc) is 3.59. The number of methoxy groups -OCH3 is 3. The van der Waals surface area contributed by atoms with Crippen LogP contribution in [0.2, 0.25) is 10.0 Å². The van der Waals surface area contributed by atoms with Gasteiger partial charge in [0.25, 0.3) is 11.8 Å². The van der Waals surface area contributed by atoms with Gasteiger partial charge in [-0.3, -0.25) is 34.3 Å². The van der Waals surface area contributed by atoms with E-state index in [1.165, 1.54) is 46.5 Å². The lowest BCUT2D eigenvalue weighted by Gasteiger charge is -2.51. The zero-order valence-corrected chi connectivity index (χ0v) is 32.8. The lowest BCUT2D eigenvalue weighted by molar-refractivity contribution is -0.138. The highest BCUT2D eigenvalue weighted by atomic mass is 35.5. The largest absolute Gasteiger partial charge is 0.508 e. The summed E-state index contributed by atoms with van der Waals surface area (Å²) in [7, 11) is 4.37. The second-order valence-corrected chi connectivity index (χ2v) is 15.4. The lowest BCUT2D eigenvalue weighted by atomic mass is 9.49. The maximum Gasteiger partial charge on any atom is 0.260 e. The van der Waals surface area contributed by atoms with Gasteiger partial charge in [-0.15, -0.1) is 0 Å². The summed E-state index contributed by atoms with van der Waals surface area (Å²) in [6.45, 7) is 1.43. The van der Waals surface area contributed by atoms with Crippen molar-refractivity contribution in [3.63, 3.8) is 0 Å². The number of aromatic hydroxyl groups is 1. The fraction of sp³-hybridized carbons (Fsp3) is 0.279. The molecular weight excluding hydrogens is 773 g/mol. The van der Waals surface area contributed by atoms with Crippen LogP contribution in [-0.2, 0) is 24.6 Å². The number of phenols is 1. The predicted molar refractivity (Wildman–Crippen MR) is 211 cm³/mol. The monoisotopic (exact) mass is 809 g/mol. The third kappa shape index (κ3) is 5.75. The topological polar surface area (TPSA) is 152 Å². The Morgan fingerprint density at radius 2 is 1.49 bits per heavy atom. The zero-order valence-electron chi connectivity index (χ0n) is 31.2. The molecule has 2 aliphatic carbocycles. The quantitative estimate of drug-likeness (QED) is 0.102. The summed E-state index contributed by atoms with van der Waals surface area (Å²) in [6, 6.07) is 20.6. The number of nitrogens with one attached hydrogen (secondary N) is 1. The highest BCUT2D eigenvalue weighted by Gasteiger charge is 2.71. The van der Waals surface area contributed by atoms with Gasteiger partial charge in [-0.1, -0.05) is 47.0 Å². The van der Waals surface area contributed by atoms with Crippen molar-refractivity contribution in [3.8, 4) is 23.0 Å². The van der Waals surface area contributed by atoms with Crippen molar-refractivity contribution < 1.29 is 43.3 Å². The highest BCUT2D eigenvalue weighted by Crippen LogP contribution is 2.66. The third-order valence-electron chi connectivity index (χ3n) is 11.9. The molecule has 1 saturated carbocycles. The van der Waals surface area contributed by atoms with E-state index in [2.05, 4.69) is 5.43 Å². The molecule has 0 bridgehead atoms. The summed E-state index contributed by atoms with van der Waals surface area (Å²) < 4.78 is 17.3. The smallest absolute Gasteiger partial charge is 0.260 e. The Balaban J connectivity index is 1.36. The summed E-state index contributed by atoms with van der Waals surface area (Å²) in [5.74, 6) is -5.99. The minimum Gasteiger partial charge on any atom is -0.508 e. The molecular formula is C43H37Cl2N3O9. The second kappa shape index (κ2) is 14.3.